The van der Waals surface area contributed by atoms with Crippen molar-refractivity contribution in [3.05, 3.63) is 0 Å². The third kappa shape index (κ3) is 1.73. The smallest absolute Gasteiger partial charge is 0.0349 e. The summed E-state index contributed by atoms with van der Waals surface area (Å²) in [6.07, 6.45) is 12.5. The molecule has 0 aromatic rings. The van der Waals surface area contributed by atoms with Crippen LogP contribution in [-0.2, 0) is 0 Å². The molecule has 3 rings (SSSR count). The van der Waals surface area contributed by atoms with Crippen LogP contribution in [0.3, 0.4) is 0 Å². The van der Waals surface area contributed by atoms with Gasteiger partial charge >= 0.3 is 0 Å². The summed E-state index contributed by atoms with van der Waals surface area (Å²) >= 11 is 0. The average molecular weight is 220 g/mol. The van der Waals surface area contributed by atoms with E-state index in [1.165, 1.54) is 31.1 Å². The molecule has 0 aliphatic heterocycles. The largest absolute Gasteiger partial charge is 0.0625 e. The van der Waals surface area contributed by atoms with Gasteiger partial charge in [-0.15, -0.1) is 0 Å². The van der Waals surface area contributed by atoms with Gasteiger partial charge in [0, 0.05) is 0 Å². The van der Waals surface area contributed by atoms with E-state index < -0.39 is 0 Å². The van der Waals surface area contributed by atoms with E-state index in [4.69, 9.17) is 0 Å². The van der Waals surface area contributed by atoms with E-state index >= 15 is 0 Å². The summed E-state index contributed by atoms with van der Waals surface area (Å²) in [4.78, 5) is 0. The molecule has 0 N–H and O–H groups in total. The highest BCUT2D eigenvalue weighted by Gasteiger charge is 2.49. The van der Waals surface area contributed by atoms with Crippen LogP contribution in [0, 0.1) is 35.5 Å². The maximum Gasteiger partial charge on any atom is -0.0349 e. The van der Waals surface area contributed by atoms with Gasteiger partial charge in [0.25, 0.3) is 0 Å². The highest BCUT2D eigenvalue weighted by Crippen LogP contribution is 2.57. The fourth-order valence-electron chi connectivity index (χ4n) is 5.29. The highest BCUT2D eigenvalue weighted by molar-refractivity contribution is 4.98. The van der Waals surface area contributed by atoms with Crippen LogP contribution in [0.25, 0.3) is 0 Å². The van der Waals surface area contributed by atoms with Crippen LogP contribution in [0.4, 0.5) is 0 Å². The molecule has 92 valence electrons. The zero-order chi connectivity index (χ0) is 11.1. The highest BCUT2D eigenvalue weighted by atomic mass is 14.5. The van der Waals surface area contributed by atoms with Gasteiger partial charge in [-0.05, 0) is 61.2 Å². The molecule has 16 heavy (non-hydrogen) atoms. The van der Waals surface area contributed by atoms with Crippen LogP contribution in [0.2, 0.25) is 0 Å². The van der Waals surface area contributed by atoms with Crippen molar-refractivity contribution >= 4 is 0 Å². The summed E-state index contributed by atoms with van der Waals surface area (Å²) in [6.45, 7) is 4.93. The fraction of sp³-hybridized carbons (Fsp3) is 1.00. The van der Waals surface area contributed by atoms with Gasteiger partial charge in [0.2, 0.25) is 0 Å². The predicted octanol–water partition coefficient (Wildman–Crippen LogP) is 4.89. The first kappa shape index (κ1) is 11.1. The van der Waals surface area contributed by atoms with Gasteiger partial charge in [-0.1, -0.05) is 39.5 Å². The number of fused-ring (bicyclic) bond motifs is 1. The van der Waals surface area contributed by atoms with Crippen molar-refractivity contribution in [3.63, 3.8) is 0 Å². The summed E-state index contributed by atoms with van der Waals surface area (Å²) in [7, 11) is 0. The average Bonchev–Trinajstić information content (AvgIpc) is 2.61. The van der Waals surface area contributed by atoms with Gasteiger partial charge < -0.3 is 0 Å². The van der Waals surface area contributed by atoms with E-state index in [0.29, 0.717) is 0 Å². The summed E-state index contributed by atoms with van der Waals surface area (Å²) in [6, 6.07) is 0. The van der Waals surface area contributed by atoms with E-state index in [0.717, 1.165) is 23.7 Å². The lowest BCUT2D eigenvalue weighted by Gasteiger charge is -2.50. The first-order valence-corrected chi connectivity index (χ1v) is 7.77. The topological polar surface area (TPSA) is 0 Å². The molecule has 3 fully saturated rings. The van der Waals surface area contributed by atoms with Gasteiger partial charge in [-0.25, -0.2) is 0 Å². The van der Waals surface area contributed by atoms with Crippen LogP contribution in [0.15, 0.2) is 0 Å². The molecule has 0 aromatic carbocycles. The van der Waals surface area contributed by atoms with Crippen molar-refractivity contribution in [2.45, 2.75) is 65.2 Å². The molecular formula is C16H28. The van der Waals surface area contributed by atoms with Crippen molar-refractivity contribution in [1.29, 1.82) is 0 Å². The molecule has 0 nitrogen and oxygen atoms in total. The van der Waals surface area contributed by atoms with Gasteiger partial charge in [-0.2, -0.15) is 0 Å². The zero-order valence-electron chi connectivity index (χ0n) is 11.1. The quantitative estimate of drug-likeness (QED) is 0.622. The van der Waals surface area contributed by atoms with Gasteiger partial charge in [0.05, 0.1) is 0 Å². The molecule has 5 unspecified atom stereocenters. The van der Waals surface area contributed by atoms with E-state index in [2.05, 4.69) is 13.8 Å². The summed E-state index contributed by atoms with van der Waals surface area (Å²) in [5.74, 6) is 6.61. The Morgan fingerprint density at radius 3 is 2.25 bits per heavy atom. The molecule has 0 radical (unpaired) electrons. The Morgan fingerprint density at radius 2 is 1.50 bits per heavy atom. The SMILES string of the molecule is CC(C)C1CCCCC1C1CC2CCCC21. The van der Waals surface area contributed by atoms with Crippen molar-refractivity contribution in [3.8, 4) is 0 Å². The Balaban J connectivity index is 1.67. The van der Waals surface area contributed by atoms with Crippen LogP contribution in [0.1, 0.15) is 65.2 Å². The predicted molar refractivity (Wildman–Crippen MR) is 69.2 cm³/mol. The molecule has 5 atom stereocenters. The molecule has 0 spiro atoms. The normalized spacial score (nSPS) is 47.8. The maximum absolute atomic E-state index is 2.47. The Hall–Kier alpha value is 0. The molecule has 0 amide bonds. The van der Waals surface area contributed by atoms with Crippen molar-refractivity contribution in [2.24, 2.45) is 35.5 Å². The Bertz CT molecular complexity index is 242. The Kier molecular flexibility index (Phi) is 3.02. The molecule has 0 bridgehead atoms. The van der Waals surface area contributed by atoms with E-state index in [9.17, 15) is 0 Å². The second-order valence-corrected chi connectivity index (χ2v) is 7.11. The maximum atomic E-state index is 2.47. The number of hydrogen-bond acceptors (Lipinski definition) is 0. The molecular weight excluding hydrogens is 192 g/mol. The number of hydrogen-bond donors (Lipinski definition) is 0. The minimum Gasteiger partial charge on any atom is -0.0625 e. The van der Waals surface area contributed by atoms with Gasteiger partial charge in [-0.3, -0.25) is 0 Å². The molecule has 3 saturated carbocycles. The second-order valence-electron chi connectivity index (χ2n) is 7.11. The Labute approximate surface area is 101 Å². The first-order chi connectivity index (χ1) is 7.77. The van der Waals surface area contributed by atoms with Crippen LogP contribution in [0.5, 0.6) is 0 Å². The molecule has 0 aromatic heterocycles. The van der Waals surface area contributed by atoms with Gasteiger partial charge in [0.1, 0.15) is 0 Å². The van der Waals surface area contributed by atoms with Crippen LogP contribution >= 0.6 is 0 Å². The van der Waals surface area contributed by atoms with Gasteiger partial charge in [0.15, 0.2) is 0 Å². The first-order valence-electron chi connectivity index (χ1n) is 7.77. The lowest BCUT2D eigenvalue weighted by atomic mass is 9.55. The van der Waals surface area contributed by atoms with Crippen molar-refractivity contribution in [1.82, 2.24) is 0 Å². The molecule has 0 heterocycles. The van der Waals surface area contributed by atoms with Crippen molar-refractivity contribution < 1.29 is 0 Å². The third-order valence-electron chi connectivity index (χ3n) is 6.12. The number of rotatable bonds is 2. The summed E-state index contributed by atoms with van der Waals surface area (Å²) < 4.78 is 0. The minimum atomic E-state index is 0.936. The molecule has 3 aliphatic carbocycles. The monoisotopic (exact) mass is 220 g/mol. The summed E-state index contributed by atoms with van der Waals surface area (Å²) in [5.41, 5.74) is 0. The fourth-order valence-corrected chi connectivity index (χ4v) is 5.29. The van der Waals surface area contributed by atoms with E-state index in [1.807, 2.05) is 0 Å². The van der Waals surface area contributed by atoms with E-state index in [-0.39, 0.29) is 0 Å². The van der Waals surface area contributed by atoms with Crippen LogP contribution < -0.4 is 0 Å². The summed E-state index contributed by atoms with van der Waals surface area (Å²) in [5, 5.41) is 0. The van der Waals surface area contributed by atoms with Crippen LogP contribution in [-0.4, -0.2) is 0 Å². The zero-order valence-corrected chi connectivity index (χ0v) is 11.1. The molecule has 0 heteroatoms. The Morgan fingerprint density at radius 1 is 0.750 bits per heavy atom. The molecule has 0 saturated heterocycles. The minimum absolute atomic E-state index is 0.936. The lowest BCUT2D eigenvalue weighted by molar-refractivity contribution is -0.00975. The standard InChI is InChI=1S/C16H28/c1-11(2)13-7-3-4-8-15(13)16-10-12-6-5-9-14(12)16/h11-16H,3-10H2,1-2H3. The van der Waals surface area contributed by atoms with E-state index in [1.54, 1.807) is 32.1 Å². The third-order valence-corrected chi connectivity index (χ3v) is 6.12. The van der Waals surface area contributed by atoms with Crippen molar-refractivity contribution in [2.75, 3.05) is 0 Å². The second kappa shape index (κ2) is 4.35. The lowest BCUT2D eigenvalue weighted by Crippen LogP contribution is -2.42. The molecule has 3 aliphatic rings.